The average molecular weight is 189 g/mol. The third-order valence-corrected chi connectivity index (χ3v) is 2.27. The van der Waals surface area contributed by atoms with Gasteiger partial charge in [-0.3, -0.25) is 9.69 Å². The number of rotatable bonds is 3. The van der Waals surface area contributed by atoms with Crippen molar-refractivity contribution in [2.24, 2.45) is 0 Å². The molecule has 0 aromatic heterocycles. The van der Waals surface area contributed by atoms with Gasteiger partial charge < -0.3 is 16.2 Å². The van der Waals surface area contributed by atoms with E-state index in [0.717, 1.165) is 32.7 Å². The molecule has 1 aliphatic rings. The molecule has 1 rings (SSSR count). The number of hydrogen-bond donors (Lipinski definition) is 2. The summed E-state index contributed by atoms with van der Waals surface area (Å²) in [6.45, 7) is 7.18. The fraction of sp³-hybridized carbons (Fsp3) is 0.875. The second-order valence-electron chi connectivity index (χ2n) is 3.10. The van der Waals surface area contributed by atoms with Crippen LogP contribution >= 0.6 is 0 Å². The van der Waals surface area contributed by atoms with Crippen LogP contribution in [0, 0.1) is 0 Å². The van der Waals surface area contributed by atoms with Gasteiger partial charge in [-0.15, -0.1) is 0 Å². The van der Waals surface area contributed by atoms with Crippen molar-refractivity contribution in [3.63, 3.8) is 0 Å². The van der Waals surface area contributed by atoms with Crippen LogP contribution < -0.4 is 6.15 Å². The summed E-state index contributed by atoms with van der Waals surface area (Å²) in [5, 5.41) is 8.53. The van der Waals surface area contributed by atoms with Crippen LogP contribution in [0.5, 0.6) is 0 Å². The van der Waals surface area contributed by atoms with Gasteiger partial charge in [0.05, 0.1) is 6.54 Å². The average Bonchev–Trinajstić information content (AvgIpc) is 2.05. The molecule has 1 fully saturated rings. The summed E-state index contributed by atoms with van der Waals surface area (Å²) in [7, 11) is 0. The van der Waals surface area contributed by atoms with Crippen LogP contribution in [-0.4, -0.2) is 60.1 Å². The SMILES string of the molecule is CCN1CCN(CC(=O)O)CC1.N. The highest BCUT2D eigenvalue weighted by atomic mass is 16.4. The van der Waals surface area contributed by atoms with E-state index in [0.29, 0.717) is 0 Å². The topological polar surface area (TPSA) is 78.8 Å². The van der Waals surface area contributed by atoms with Crippen LogP contribution in [0.15, 0.2) is 0 Å². The van der Waals surface area contributed by atoms with Crippen molar-refractivity contribution in [3.05, 3.63) is 0 Å². The van der Waals surface area contributed by atoms with Crippen LogP contribution in [0.1, 0.15) is 6.92 Å². The van der Waals surface area contributed by atoms with Gasteiger partial charge in [-0.05, 0) is 6.54 Å². The summed E-state index contributed by atoms with van der Waals surface area (Å²) >= 11 is 0. The largest absolute Gasteiger partial charge is 0.480 e. The van der Waals surface area contributed by atoms with Gasteiger partial charge in [-0.2, -0.15) is 0 Å². The van der Waals surface area contributed by atoms with Gasteiger partial charge in [0, 0.05) is 26.2 Å². The van der Waals surface area contributed by atoms with Gasteiger partial charge >= 0.3 is 5.97 Å². The lowest BCUT2D eigenvalue weighted by Gasteiger charge is -2.32. The number of hydrogen-bond acceptors (Lipinski definition) is 4. The zero-order valence-corrected chi connectivity index (χ0v) is 8.20. The van der Waals surface area contributed by atoms with Crippen molar-refractivity contribution in [1.29, 1.82) is 0 Å². The maximum Gasteiger partial charge on any atom is 0.317 e. The Balaban J connectivity index is 0.00000144. The molecule has 1 heterocycles. The third kappa shape index (κ3) is 4.21. The maximum absolute atomic E-state index is 10.4. The summed E-state index contributed by atoms with van der Waals surface area (Å²) in [5.41, 5.74) is 0. The second kappa shape index (κ2) is 5.90. The molecule has 1 aliphatic heterocycles. The molecule has 0 aromatic rings. The van der Waals surface area contributed by atoms with E-state index in [9.17, 15) is 4.79 Å². The predicted octanol–water partition coefficient (Wildman–Crippen LogP) is -0.129. The van der Waals surface area contributed by atoms with Crippen LogP contribution in [0.25, 0.3) is 0 Å². The number of carboxylic acid groups (broad SMARTS) is 1. The lowest BCUT2D eigenvalue weighted by atomic mass is 10.3. The summed E-state index contributed by atoms with van der Waals surface area (Å²) in [6.07, 6.45) is 0. The first-order valence-electron chi connectivity index (χ1n) is 4.39. The molecule has 78 valence electrons. The number of aliphatic carboxylic acids is 1. The molecule has 0 aromatic carbocycles. The predicted molar refractivity (Wildman–Crippen MR) is 51.2 cm³/mol. The van der Waals surface area contributed by atoms with E-state index >= 15 is 0 Å². The fourth-order valence-electron chi connectivity index (χ4n) is 1.45. The van der Waals surface area contributed by atoms with Crippen LogP contribution in [0.2, 0.25) is 0 Å². The molecule has 0 amide bonds. The Hall–Kier alpha value is -0.650. The van der Waals surface area contributed by atoms with Crippen molar-refractivity contribution in [3.8, 4) is 0 Å². The van der Waals surface area contributed by atoms with E-state index < -0.39 is 5.97 Å². The summed E-state index contributed by atoms with van der Waals surface area (Å²) < 4.78 is 0. The van der Waals surface area contributed by atoms with E-state index in [1.165, 1.54) is 0 Å². The van der Waals surface area contributed by atoms with Gasteiger partial charge in [0.15, 0.2) is 0 Å². The minimum atomic E-state index is -0.722. The van der Waals surface area contributed by atoms with Crippen molar-refractivity contribution < 1.29 is 9.90 Å². The first-order valence-corrected chi connectivity index (χ1v) is 4.39. The van der Waals surface area contributed by atoms with Crippen molar-refractivity contribution >= 4 is 5.97 Å². The van der Waals surface area contributed by atoms with Crippen LogP contribution in [0.3, 0.4) is 0 Å². The van der Waals surface area contributed by atoms with E-state index in [1.54, 1.807) is 0 Å². The molecular weight excluding hydrogens is 170 g/mol. The molecule has 0 aliphatic carbocycles. The van der Waals surface area contributed by atoms with Crippen molar-refractivity contribution in [2.45, 2.75) is 6.92 Å². The number of carboxylic acids is 1. The van der Waals surface area contributed by atoms with Gasteiger partial charge in [0.2, 0.25) is 0 Å². The molecule has 1 saturated heterocycles. The maximum atomic E-state index is 10.4. The molecule has 5 nitrogen and oxygen atoms in total. The Labute approximate surface area is 78.9 Å². The lowest BCUT2D eigenvalue weighted by Crippen LogP contribution is -2.47. The Bertz CT molecular complexity index is 155. The third-order valence-electron chi connectivity index (χ3n) is 2.27. The smallest absolute Gasteiger partial charge is 0.317 e. The van der Waals surface area contributed by atoms with Gasteiger partial charge in [0.1, 0.15) is 0 Å². The minimum absolute atomic E-state index is 0. The zero-order valence-electron chi connectivity index (χ0n) is 8.20. The highest BCUT2D eigenvalue weighted by Gasteiger charge is 2.16. The number of carbonyl (C=O) groups is 1. The number of nitrogens with zero attached hydrogens (tertiary/aromatic N) is 2. The first-order chi connectivity index (χ1) is 5.72. The Morgan fingerprint density at radius 1 is 1.23 bits per heavy atom. The van der Waals surface area contributed by atoms with Crippen molar-refractivity contribution in [2.75, 3.05) is 39.3 Å². The lowest BCUT2D eigenvalue weighted by molar-refractivity contribution is -0.138. The number of likely N-dealkylation sites (N-methyl/N-ethyl adjacent to an activating group) is 1. The Kier molecular flexibility index (Phi) is 5.61. The normalized spacial score (nSPS) is 19.5. The molecule has 0 bridgehead atoms. The Morgan fingerprint density at radius 3 is 2.08 bits per heavy atom. The van der Waals surface area contributed by atoms with E-state index in [2.05, 4.69) is 11.8 Å². The van der Waals surface area contributed by atoms with Crippen LogP contribution in [0.4, 0.5) is 0 Å². The molecule has 13 heavy (non-hydrogen) atoms. The van der Waals surface area contributed by atoms with Crippen LogP contribution in [-0.2, 0) is 4.79 Å². The zero-order chi connectivity index (χ0) is 8.97. The Morgan fingerprint density at radius 2 is 1.69 bits per heavy atom. The summed E-state index contributed by atoms with van der Waals surface area (Å²) in [4.78, 5) is 14.7. The van der Waals surface area contributed by atoms with Crippen molar-refractivity contribution in [1.82, 2.24) is 16.0 Å². The molecular formula is C8H19N3O2. The minimum Gasteiger partial charge on any atom is -0.480 e. The molecule has 0 unspecified atom stereocenters. The molecule has 4 N–H and O–H groups in total. The number of piperazine rings is 1. The van der Waals surface area contributed by atoms with E-state index in [1.807, 2.05) is 4.90 Å². The fourth-order valence-corrected chi connectivity index (χ4v) is 1.45. The molecule has 0 spiro atoms. The second-order valence-corrected chi connectivity index (χ2v) is 3.10. The monoisotopic (exact) mass is 189 g/mol. The van der Waals surface area contributed by atoms with E-state index in [-0.39, 0.29) is 12.7 Å². The summed E-state index contributed by atoms with van der Waals surface area (Å²) in [6, 6.07) is 0. The molecule has 5 heteroatoms. The van der Waals surface area contributed by atoms with Gasteiger partial charge in [-0.25, -0.2) is 0 Å². The molecule has 0 radical (unpaired) electrons. The molecule has 0 saturated carbocycles. The van der Waals surface area contributed by atoms with E-state index in [4.69, 9.17) is 5.11 Å². The highest BCUT2D eigenvalue weighted by Crippen LogP contribution is 1.99. The summed E-state index contributed by atoms with van der Waals surface area (Å²) in [5.74, 6) is -0.722. The quantitative estimate of drug-likeness (QED) is 0.646. The van der Waals surface area contributed by atoms with Gasteiger partial charge in [-0.1, -0.05) is 6.92 Å². The van der Waals surface area contributed by atoms with Gasteiger partial charge in [0.25, 0.3) is 0 Å². The highest BCUT2D eigenvalue weighted by molar-refractivity contribution is 5.69. The molecule has 0 atom stereocenters. The standard InChI is InChI=1S/C8H16N2O2.H3N/c1-2-9-3-5-10(6-4-9)7-8(11)12;/h2-7H2,1H3,(H,11,12);1H3. The first kappa shape index (κ1) is 12.3.